The van der Waals surface area contributed by atoms with E-state index in [1.807, 2.05) is 13.8 Å². The van der Waals surface area contributed by atoms with Gasteiger partial charge in [-0.1, -0.05) is 20.4 Å². The highest BCUT2D eigenvalue weighted by molar-refractivity contribution is 5.29. The number of ether oxygens (including phenoxy) is 3. The van der Waals surface area contributed by atoms with Crippen LogP contribution in [0.25, 0.3) is 0 Å². The second kappa shape index (κ2) is 5.50. The molecule has 0 N–H and O–H groups in total. The van der Waals surface area contributed by atoms with Crippen LogP contribution in [0.15, 0.2) is 12.2 Å². The van der Waals surface area contributed by atoms with E-state index in [1.165, 1.54) is 0 Å². The number of rotatable bonds is 1. The molecular formula is C16H15F5O3. The van der Waals surface area contributed by atoms with Crippen molar-refractivity contribution in [3.63, 3.8) is 0 Å². The van der Waals surface area contributed by atoms with Crippen LogP contribution in [0.4, 0.5) is 22.0 Å². The van der Waals surface area contributed by atoms with Crippen LogP contribution in [-0.4, -0.2) is 19.2 Å². The Hall–Kier alpha value is -1.51. The highest BCUT2D eigenvalue weighted by atomic mass is 19.2. The Kier molecular flexibility index (Phi) is 3.97. The molecule has 1 spiro atoms. The molecule has 3 rings (SSSR count). The normalized spacial score (nSPS) is 25.5. The maximum absolute atomic E-state index is 13.9. The van der Waals surface area contributed by atoms with Gasteiger partial charge in [-0.25, -0.2) is 22.0 Å². The molecular weight excluding hydrogens is 335 g/mol. The second-order valence-corrected chi connectivity index (χ2v) is 6.70. The van der Waals surface area contributed by atoms with E-state index in [0.29, 0.717) is 0 Å². The molecule has 2 heterocycles. The summed E-state index contributed by atoms with van der Waals surface area (Å²) in [4.78, 5) is 0. The molecule has 0 amide bonds. The fourth-order valence-corrected chi connectivity index (χ4v) is 2.66. The van der Waals surface area contributed by atoms with Crippen LogP contribution in [0.1, 0.15) is 31.9 Å². The third-order valence-corrected chi connectivity index (χ3v) is 4.03. The first-order chi connectivity index (χ1) is 11.1. The van der Waals surface area contributed by atoms with Gasteiger partial charge in [-0.05, 0) is 0 Å². The van der Waals surface area contributed by atoms with E-state index < -0.39 is 46.7 Å². The summed E-state index contributed by atoms with van der Waals surface area (Å²) in [5, 5.41) is 0. The monoisotopic (exact) mass is 350 g/mol. The van der Waals surface area contributed by atoms with Crippen molar-refractivity contribution in [2.75, 3.05) is 13.2 Å². The Morgan fingerprint density at radius 2 is 1.33 bits per heavy atom. The fourth-order valence-electron chi connectivity index (χ4n) is 2.66. The minimum Gasteiger partial charge on any atom is -0.323 e. The van der Waals surface area contributed by atoms with Gasteiger partial charge in [0.05, 0.1) is 24.9 Å². The summed E-state index contributed by atoms with van der Waals surface area (Å²) in [6.45, 7) is 7.88. The summed E-state index contributed by atoms with van der Waals surface area (Å²) in [6.07, 6.45) is -1.65. The second-order valence-electron chi connectivity index (χ2n) is 6.70. The lowest BCUT2D eigenvalue weighted by Gasteiger charge is -2.40. The number of hydrogen-bond donors (Lipinski definition) is 0. The van der Waals surface area contributed by atoms with Gasteiger partial charge in [0.2, 0.25) is 5.82 Å². The Morgan fingerprint density at radius 1 is 0.875 bits per heavy atom. The largest absolute Gasteiger partial charge is 0.323 e. The Labute approximate surface area is 135 Å². The molecule has 3 nitrogen and oxygen atoms in total. The van der Waals surface area contributed by atoms with Gasteiger partial charge in [-0.2, -0.15) is 0 Å². The Bertz CT molecular complexity index is 677. The minimum atomic E-state index is -2.22. The zero-order valence-electron chi connectivity index (χ0n) is 13.0. The molecule has 24 heavy (non-hydrogen) atoms. The lowest BCUT2D eigenvalue weighted by molar-refractivity contribution is -0.391. The van der Waals surface area contributed by atoms with Gasteiger partial charge in [0.1, 0.15) is 0 Å². The average Bonchev–Trinajstić information content (AvgIpc) is 2.83. The zero-order chi connectivity index (χ0) is 17.9. The van der Waals surface area contributed by atoms with Crippen LogP contribution >= 0.6 is 0 Å². The van der Waals surface area contributed by atoms with Crippen LogP contribution in [0.5, 0.6) is 0 Å². The summed E-state index contributed by atoms with van der Waals surface area (Å²) in [7, 11) is 0. The van der Waals surface area contributed by atoms with Crippen LogP contribution in [0, 0.1) is 34.5 Å². The van der Waals surface area contributed by atoms with E-state index in [4.69, 9.17) is 14.2 Å². The molecule has 2 saturated heterocycles. The number of halogens is 5. The zero-order valence-corrected chi connectivity index (χ0v) is 13.0. The van der Waals surface area contributed by atoms with Gasteiger partial charge in [0.25, 0.3) is 0 Å². The van der Waals surface area contributed by atoms with Crippen LogP contribution < -0.4 is 0 Å². The SMILES string of the molecule is C=C1CC(c2c(F)c(F)c(F)c(F)c2F)OC12OCC(C)(C)CO2. The molecule has 8 heteroatoms. The van der Waals surface area contributed by atoms with Crippen LogP contribution in [0.3, 0.4) is 0 Å². The quantitative estimate of drug-likeness (QED) is 0.330. The lowest BCUT2D eigenvalue weighted by atomic mass is 9.95. The molecule has 1 aromatic carbocycles. The summed E-state index contributed by atoms with van der Waals surface area (Å²) in [5.74, 6) is -11.9. The molecule has 1 atom stereocenters. The molecule has 2 aliphatic heterocycles. The van der Waals surface area contributed by atoms with E-state index in [2.05, 4.69) is 6.58 Å². The number of benzene rings is 1. The van der Waals surface area contributed by atoms with Crippen molar-refractivity contribution in [1.82, 2.24) is 0 Å². The molecule has 2 fully saturated rings. The molecule has 0 aromatic heterocycles. The van der Waals surface area contributed by atoms with Crippen molar-refractivity contribution in [3.05, 3.63) is 46.8 Å². The van der Waals surface area contributed by atoms with E-state index >= 15 is 0 Å². The average molecular weight is 350 g/mol. The fraction of sp³-hybridized carbons (Fsp3) is 0.500. The molecule has 0 radical (unpaired) electrons. The van der Waals surface area contributed by atoms with Crippen molar-refractivity contribution < 1.29 is 36.2 Å². The van der Waals surface area contributed by atoms with Crippen molar-refractivity contribution in [2.24, 2.45) is 5.41 Å². The van der Waals surface area contributed by atoms with Gasteiger partial charge >= 0.3 is 5.97 Å². The predicted molar refractivity (Wildman–Crippen MR) is 72.2 cm³/mol. The lowest BCUT2D eigenvalue weighted by Crippen LogP contribution is -2.48. The standard InChI is InChI=1S/C16H15F5O3/c1-7-4-8(24-16(7)22-5-15(2,3)6-23-16)9-10(17)12(19)14(21)13(20)11(9)18/h8H,1,4-6H2,2-3H3. The van der Waals surface area contributed by atoms with Gasteiger partial charge < -0.3 is 14.2 Å². The summed E-state index contributed by atoms with van der Waals surface area (Å²) in [5.41, 5.74) is -1.15. The first-order valence-corrected chi connectivity index (χ1v) is 7.23. The van der Waals surface area contributed by atoms with E-state index in [9.17, 15) is 22.0 Å². The maximum Gasteiger partial charge on any atom is 0.308 e. The van der Waals surface area contributed by atoms with Gasteiger partial charge in [-0.3, -0.25) is 0 Å². The molecule has 2 aliphatic rings. The molecule has 0 aliphatic carbocycles. The van der Waals surface area contributed by atoms with Crippen LogP contribution in [0.2, 0.25) is 0 Å². The summed E-state index contributed by atoms with van der Waals surface area (Å²) in [6, 6.07) is 0. The highest BCUT2D eigenvalue weighted by Gasteiger charge is 2.52. The molecule has 132 valence electrons. The first kappa shape index (κ1) is 17.3. The highest BCUT2D eigenvalue weighted by Crippen LogP contribution is 2.48. The van der Waals surface area contributed by atoms with Crippen LogP contribution in [-0.2, 0) is 14.2 Å². The van der Waals surface area contributed by atoms with E-state index in [1.54, 1.807) is 0 Å². The molecule has 1 aromatic rings. The molecule has 0 saturated carbocycles. The third kappa shape index (κ3) is 2.53. The van der Waals surface area contributed by atoms with Gasteiger partial charge in [0.15, 0.2) is 23.3 Å². The maximum atomic E-state index is 13.9. The minimum absolute atomic E-state index is 0.196. The third-order valence-electron chi connectivity index (χ3n) is 4.03. The van der Waals surface area contributed by atoms with Crippen molar-refractivity contribution in [1.29, 1.82) is 0 Å². The number of hydrogen-bond acceptors (Lipinski definition) is 3. The van der Waals surface area contributed by atoms with Crippen molar-refractivity contribution in [2.45, 2.75) is 32.3 Å². The van der Waals surface area contributed by atoms with E-state index in [-0.39, 0.29) is 30.6 Å². The van der Waals surface area contributed by atoms with E-state index in [0.717, 1.165) is 0 Å². The first-order valence-electron chi connectivity index (χ1n) is 7.23. The summed E-state index contributed by atoms with van der Waals surface area (Å²) >= 11 is 0. The van der Waals surface area contributed by atoms with Crippen molar-refractivity contribution in [3.8, 4) is 0 Å². The molecule has 0 bridgehead atoms. The Morgan fingerprint density at radius 3 is 1.83 bits per heavy atom. The van der Waals surface area contributed by atoms with Crippen molar-refractivity contribution >= 4 is 0 Å². The van der Waals surface area contributed by atoms with Gasteiger partial charge in [0, 0.05) is 17.4 Å². The topological polar surface area (TPSA) is 27.7 Å². The smallest absolute Gasteiger partial charge is 0.308 e. The summed E-state index contributed by atoms with van der Waals surface area (Å²) < 4.78 is 84.3. The predicted octanol–water partition coefficient (Wildman–Crippen LogP) is 4.13. The molecule has 1 unspecified atom stereocenters. The van der Waals surface area contributed by atoms with Gasteiger partial charge in [-0.15, -0.1) is 0 Å². The Balaban J connectivity index is 1.96.